The molecule has 122 valence electrons. The Kier molecular flexibility index (Phi) is 3.45. The van der Waals surface area contributed by atoms with Gasteiger partial charge in [0, 0.05) is 11.3 Å². The van der Waals surface area contributed by atoms with E-state index < -0.39 is 0 Å². The average molecular weight is 317 g/mol. The van der Waals surface area contributed by atoms with E-state index in [2.05, 4.69) is 86.2 Å². The summed E-state index contributed by atoms with van der Waals surface area (Å²) in [5, 5.41) is 8.41. The summed E-state index contributed by atoms with van der Waals surface area (Å²) in [5.74, 6) is 0.546. The minimum absolute atomic E-state index is 0.0325. The molecule has 3 heteroatoms. The summed E-state index contributed by atoms with van der Waals surface area (Å²) in [6.07, 6.45) is 0.0325. The Morgan fingerprint density at radius 3 is 2.46 bits per heavy atom. The quantitative estimate of drug-likeness (QED) is 0.698. The van der Waals surface area contributed by atoms with E-state index >= 15 is 0 Å². The zero-order chi connectivity index (χ0) is 16.8. The van der Waals surface area contributed by atoms with Gasteiger partial charge in [-0.15, -0.1) is 0 Å². The number of anilines is 1. The fourth-order valence-corrected chi connectivity index (χ4v) is 3.41. The molecule has 0 radical (unpaired) electrons. The van der Waals surface area contributed by atoms with Gasteiger partial charge in [0.15, 0.2) is 0 Å². The molecule has 3 nitrogen and oxygen atoms in total. The molecule has 0 fully saturated rings. The van der Waals surface area contributed by atoms with Crippen LogP contribution in [0.15, 0.2) is 48.5 Å². The van der Waals surface area contributed by atoms with Gasteiger partial charge >= 0.3 is 0 Å². The highest BCUT2D eigenvalue weighted by atomic mass is 15.4. The first kappa shape index (κ1) is 15.0. The number of rotatable bonds is 2. The average Bonchev–Trinajstić information content (AvgIpc) is 2.96. The fraction of sp³-hybridized carbons (Fsp3) is 0.286. The SMILES string of the molecule is Cc1ccc2c(c1)-c1cc(C)nn1[C@@H](c1ccc(C(C)C)cc1)N2. The zero-order valence-corrected chi connectivity index (χ0v) is 14.7. The molecule has 0 bridgehead atoms. The van der Waals surface area contributed by atoms with Crippen LogP contribution in [0.2, 0.25) is 0 Å². The Labute approximate surface area is 143 Å². The van der Waals surface area contributed by atoms with Crippen molar-refractivity contribution in [2.75, 3.05) is 5.32 Å². The van der Waals surface area contributed by atoms with Gasteiger partial charge < -0.3 is 5.32 Å². The summed E-state index contributed by atoms with van der Waals surface area (Å²) in [7, 11) is 0. The number of fused-ring (bicyclic) bond motifs is 3. The van der Waals surface area contributed by atoms with Crippen molar-refractivity contribution in [2.24, 2.45) is 0 Å². The van der Waals surface area contributed by atoms with Gasteiger partial charge in [-0.2, -0.15) is 5.10 Å². The van der Waals surface area contributed by atoms with Crippen LogP contribution in [-0.4, -0.2) is 9.78 Å². The van der Waals surface area contributed by atoms with E-state index in [1.807, 2.05) is 0 Å². The molecule has 1 aliphatic rings. The van der Waals surface area contributed by atoms with Gasteiger partial charge in [0.1, 0.15) is 6.17 Å². The van der Waals surface area contributed by atoms with Crippen molar-refractivity contribution in [1.29, 1.82) is 0 Å². The normalized spacial score (nSPS) is 15.8. The largest absolute Gasteiger partial charge is 0.359 e. The maximum atomic E-state index is 4.75. The third-order valence-electron chi connectivity index (χ3n) is 4.76. The standard InChI is InChI=1S/C21H23N3/c1-13(2)16-6-8-17(9-7-16)21-22-19-10-5-14(3)11-18(19)20-12-15(4)23-24(20)21/h5-13,21-22H,1-4H3/t21-/m0/s1. The predicted molar refractivity (Wildman–Crippen MR) is 99.4 cm³/mol. The number of aromatic nitrogens is 2. The Balaban J connectivity index is 1.82. The minimum Gasteiger partial charge on any atom is -0.359 e. The van der Waals surface area contributed by atoms with Crippen molar-refractivity contribution < 1.29 is 0 Å². The van der Waals surface area contributed by atoms with Crippen LogP contribution < -0.4 is 5.32 Å². The summed E-state index contributed by atoms with van der Waals surface area (Å²) in [5.41, 5.74) is 8.49. The lowest BCUT2D eigenvalue weighted by Gasteiger charge is -2.29. The van der Waals surface area contributed by atoms with Crippen LogP contribution in [0.5, 0.6) is 0 Å². The van der Waals surface area contributed by atoms with Crippen LogP contribution >= 0.6 is 0 Å². The van der Waals surface area contributed by atoms with Crippen molar-refractivity contribution in [3.05, 3.63) is 70.9 Å². The second-order valence-electron chi connectivity index (χ2n) is 7.03. The topological polar surface area (TPSA) is 29.9 Å². The molecule has 0 amide bonds. The molecule has 1 N–H and O–H groups in total. The Morgan fingerprint density at radius 2 is 1.75 bits per heavy atom. The summed E-state index contributed by atoms with van der Waals surface area (Å²) in [4.78, 5) is 0. The maximum Gasteiger partial charge on any atom is 0.147 e. The van der Waals surface area contributed by atoms with Crippen molar-refractivity contribution in [3.63, 3.8) is 0 Å². The van der Waals surface area contributed by atoms with Gasteiger partial charge in [0.2, 0.25) is 0 Å². The van der Waals surface area contributed by atoms with E-state index in [4.69, 9.17) is 5.10 Å². The summed E-state index contributed by atoms with van der Waals surface area (Å²) < 4.78 is 2.11. The van der Waals surface area contributed by atoms with E-state index in [1.165, 1.54) is 33.6 Å². The van der Waals surface area contributed by atoms with Gasteiger partial charge in [-0.1, -0.05) is 49.7 Å². The summed E-state index contributed by atoms with van der Waals surface area (Å²) in [6, 6.07) is 17.6. The molecule has 0 aliphatic carbocycles. The summed E-state index contributed by atoms with van der Waals surface area (Å²) >= 11 is 0. The van der Waals surface area contributed by atoms with Crippen molar-refractivity contribution in [1.82, 2.24) is 9.78 Å². The van der Waals surface area contributed by atoms with Crippen molar-refractivity contribution in [3.8, 4) is 11.3 Å². The molecule has 0 unspecified atom stereocenters. The molecule has 2 aromatic carbocycles. The first-order valence-electron chi connectivity index (χ1n) is 8.56. The molecule has 0 saturated heterocycles. The second kappa shape index (κ2) is 5.52. The lowest BCUT2D eigenvalue weighted by atomic mass is 9.99. The molecule has 0 spiro atoms. The van der Waals surface area contributed by atoms with E-state index in [1.54, 1.807) is 0 Å². The van der Waals surface area contributed by atoms with E-state index in [9.17, 15) is 0 Å². The number of nitrogens with one attached hydrogen (secondary N) is 1. The lowest BCUT2D eigenvalue weighted by Crippen LogP contribution is -2.25. The van der Waals surface area contributed by atoms with Crippen LogP contribution in [0, 0.1) is 13.8 Å². The fourth-order valence-electron chi connectivity index (χ4n) is 3.41. The molecule has 1 atom stereocenters. The first-order valence-corrected chi connectivity index (χ1v) is 8.56. The second-order valence-corrected chi connectivity index (χ2v) is 7.03. The molecule has 1 aliphatic heterocycles. The lowest BCUT2D eigenvalue weighted by molar-refractivity contribution is 0.571. The van der Waals surface area contributed by atoms with Gasteiger partial charge in [-0.05, 0) is 49.1 Å². The van der Waals surface area contributed by atoms with E-state index in [0.29, 0.717) is 5.92 Å². The van der Waals surface area contributed by atoms with Crippen LogP contribution in [0.25, 0.3) is 11.3 Å². The number of benzene rings is 2. The third-order valence-corrected chi connectivity index (χ3v) is 4.76. The smallest absolute Gasteiger partial charge is 0.147 e. The predicted octanol–water partition coefficient (Wildman–Crippen LogP) is 5.26. The molecule has 24 heavy (non-hydrogen) atoms. The molecule has 4 rings (SSSR count). The highest BCUT2D eigenvalue weighted by molar-refractivity contribution is 5.79. The highest BCUT2D eigenvalue weighted by Gasteiger charge is 2.26. The molecular formula is C21H23N3. The maximum absolute atomic E-state index is 4.75. The molecular weight excluding hydrogens is 294 g/mol. The van der Waals surface area contributed by atoms with Crippen molar-refractivity contribution >= 4 is 5.69 Å². The third kappa shape index (κ3) is 2.41. The first-order chi connectivity index (χ1) is 11.5. The Morgan fingerprint density at radius 1 is 1.00 bits per heavy atom. The molecule has 3 aromatic rings. The minimum atomic E-state index is 0.0325. The van der Waals surface area contributed by atoms with Crippen molar-refractivity contribution in [2.45, 2.75) is 39.8 Å². The van der Waals surface area contributed by atoms with E-state index in [-0.39, 0.29) is 6.17 Å². The molecule has 2 heterocycles. The number of hydrogen-bond acceptors (Lipinski definition) is 2. The van der Waals surface area contributed by atoms with Gasteiger partial charge in [0.25, 0.3) is 0 Å². The van der Waals surface area contributed by atoms with Gasteiger partial charge in [0.05, 0.1) is 11.4 Å². The van der Waals surface area contributed by atoms with Crippen LogP contribution in [0.3, 0.4) is 0 Å². The van der Waals surface area contributed by atoms with E-state index in [0.717, 1.165) is 5.69 Å². The number of aryl methyl sites for hydroxylation is 2. The van der Waals surface area contributed by atoms with Gasteiger partial charge in [-0.3, -0.25) is 0 Å². The summed E-state index contributed by atoms with van der Waals surface area (Å²) in [6.45, 7) is 8.63. The molecule has 0 saturated carbocycles. The Hall–Kier alpha value is -2.55. The van der Waals surface area contributed by atoms with Crippen LogP contribution in [0.1, 0.15) is 48.3 Å². The highest BCUT2D eigenvalue weighted by Crippen LogP contribution is 2.39. The number of hydrogen-bond donors (Lipinski definition) is 1. The molecule has 1 aromatic heterocycles. The van der Waals surface area contributed by atoms with Gasteiger partial charge in [-0.25, -0.2) is 4.68 Å². The van der Waals surface area contributed by atoms with Crippen LogP contribution in [-0.2, 0) is 0 Å². The number of nitrogens with zero attached hydrogens (tertiary/aromatic N) is 2. The zero-order valence-electron chi connectivity index (χ0n) is 14.7. The Bertz CT molecular complexity index is 888. The monoisotopic (exact) mass is 317 g/mol. The van der Waals surface area contributed by atoms with Crippen LogP contribution in [0.4, 0.5) is 5.69 Å².